The molecule has 0 saturated carbocycles. The van der Waals surface area contributed by atoms with Gasteiger partial charge >= 0.3 is 0 Å². The molecular formula is C11H16O6. The fourth-order valence-electron chi connectivity index (χ4n) is 2.18. The third-order valence-corrected chi connectivity index (χ3v) is 2.97. The predicted octanol–water partition coefficient (Wildman–Crippen LogP) is -1.42. The van der Waals surface area contributed by atoms with Crippen LogP contribution in [0, 0.1) is 12.3 Å². The third kappa shape index (κ3) is 1.85. The lowest BCUT2D eigenvalue weighted by Crippen LogP contribution is -2.53. The fourth-order valence-corrected chi connectivity index (χ4v) is 2.18. The van der Waals surface area contributed by atoms with E-state index in [1.165, 1.54) is 0 Å². The molecule has 6 nitrogen and oxygen atoms in total. The monoisotopic (exact) mass is 244 g/mol. The summed E-state index contributed by atoms with van der Waals surface area (Å²) in [5.41, 5.74) is -1.82. The van der Waals surface area contributed by atoms with Gasteiger partial charge in [-0.15, -0.1) is 6.42 Å². The van der Waals surface area contributed by atoms with Gasteiger partial charge in [-0.3, -0.25) is 0 Å². The van der Waals surface area contributed by atoms with Crippen molar-refractivity contribution in [3.63, 3.8) is 0 Å². The van der Waals surface area contributed by atoms with Crippen molar-refractivity contribution in [3.8, 4) is 12.3 Å². The van der Waals surface area contributed by atoms with Crippen LogP contribution in [0.5, 0.6) is 0 Å². The zero-order valence-corrected chi connectivity index (χ0v) is 9.66. The Hall–Kier alpha value is -0.680. The highest BCUT2D eigenvalue weighted by atomic mass is 16.8. The van der Waals surface area contributed by atoms with E-state index in [-0.39, 0.29) is 0 Å². The van der Waals surface area contributed by atoms with Gasteiger partial charge in [0.15, 0.2) is 23.8 Å². The Morgan fingerprint density at radius 3 is 2.59 bits per heavy atom. The molecule has 2 saturated heterocycles. The molecular weight excluding hydrogens is 228 g/mol. The van der Waals surface area contributed by atoms with E-state index in [9.17, 15) is 10.2 Å². The Bertz CT molecular complexity index is 348. The van der Waals surface area contributed by atoms with Crippen LogP contribution in [-0.4, -0.2) is 57.9 Å². The molecule has 0 aliphatic carbocycles. The molecule has 0 aromatic heterocycles. The first kappa shape index (κ1) is 12.8. The Morgan fingerprint density at radius 2 is 2.06 bits per heavy atom. The summed E-state index contributed by atoms with van der Waals surface area (Å²) >= 11 is 0. The van der Waals surface area contributed by atoms with Crippen molar-refractivity contribution < 1.29 is 29.5 Å². The lowest BCUT2D eigenvalue weighted by atomic mass is 9.90. The van der Waals surface area contributed by atoms with Crippen molar-refractivity contribution in [2.75, 3.05) is 6.61 Å². The van der Waals surface area contributed by atoms with E-state index in [0.29, 0.717) is 0 Å². The summed E-state index contributed by atoms with van der Waals surface area (Å²) in [6.07, 6.45) is 1.13. The lowest BCUT2D eigenvalue weighted by molar-refractivity contribution is -0.235. The van der Waals surface area contributed by atoms with Gasteiger partial charge in [-0.25, -0.2) is 0 Å². The van der Waals surface area contributed by atoms with Crippen LogP contribution in [0.25, 0.3) is 0 Å². The SMILES string of the molecule is C#C[C@]1(O)[C@@H]([C@H](O)CO)O[C@@H]2OC(C)(C)O[C@@H]21. The van der Waals surface area contributed by atoms with Crippen LogP contribution in [-0.2, 0) is 14.2 Å². The average molecular weight is 244 g/mol. The van der Waals surface area contributed by atoms with E-state index in [1.54, 1.807) is 13.8 Å². The van der Waals surface area contributed by atoms with Gasteiger partial charge in [0.2, 0.25) is 0 Å². The zero-order valence-electron chi connectivity index (χ0n) is 9.66. The van der Waals surface area contributed by atoms with Gasteiger partial charge in [-0.2, -0.15) is 0 Å². The molecule has 5 atom stereocenters. The van der Waals surface area contributed by atoms with Crippen LogP contribution in [0.3, 0.4) is 0 Å². The number of aliphatic hydroxyl groups excluding tert-OH is 2. The van der Waals surface area contributed by atoms with Crippen molar-refractivity contribution in [1.29, 1.82) is 0 Å². The molecule has 0 aromatic rings. The van der Waals surface area contributed by atoms with Gasteiger partial charge in [0.1, 0.15) is 12.2 Å². The lowest BCUT2D eigenvalue weighted by Gasteiger charge is -2.31. The summed E-state index contributed by atoms with van der Waals surface area (Å²) in [5.74, 6) is 1.26. The first-order valence-corrected chi connectivity index (χ1v) is 5.34. The summed E-state index contributed by atoms with van der Waals surface area (Å²) in [7, 11) is 0. The van der Waals surface area contributed by atoms with Gasteiger partial charge in [-0.1, -0.05) is 5.92 Å². The van der Waals surface area contributed by atoms with Crippen LogP contribution >= 0.6 is 0 Å². The Kier molecular flexibility index (Phi) is 2.94. The van der Waals surface area contributed by atoms with Crippen molar-refractivity contribution >= 4 is 0 Å². The number of fused-ring (bicyclic) bond motifs is 1. The molecule has 0 spiro atoms. The first-order chi connectivity index (χ1) is 7.84. The minimum absolute atomic E-state index is 0.572. The van der Waals surface area contributed by atoms with Gasteiger partial charge in [0.05, 0.1) is 6.61 Å². The van der Waals surface area contributed by atoms with Crippen molar-refractivity contribution in [2.24, 2.45) is 0 Å². The molecule has 0 unspecified atom stereocenters. The summed E-state index contributed by atoms with van der Waals surface area (Å²) in [4.78, 5) is 0. The number of terminal acetylenes is 1. The Balaban J connectivity index is 2.26. The molecule has 2 fully saturated rings. The number of hydrogen-bond donors (Lipinski definition) is 3. The second kappa shape index (κ2) is 3.92. The number of aliphatic hydroxyl groups is 3. The Morgan fingerprint density at radius 1 is 1.41 bits per heavy atom. The highest BCUT2D eigenvalue weighted by molar-refractivity contribution is 5.22. The van der Waals surface area contributed by atoms with Gasteiger partial charge < -0.3 is 29.5 Å². The van der Waals surface area contributed by atoms with Crippen LogP contribution in [0.15, 0.2) is 0 Å². The van der Waals surface area contributed by atoms with Gasteiger partial charge in [-0.05, 0) is 13.8 Å². The third-order valence-electron chi connectivity index (χ3n) is 2.97. The highest BCUT2D eigenvalue weighted by Crippen LogP contribution is 2.43. The maximum absolute atomic E-state index is 10.3. The fraction of sp³-hybridized carbons (Fsp3) is 0.818. The molecule has 6 heteroatoms. The summed E-state index contributed by atoms with van der Waals surface area (Å²) in [6, 6.07) is 0. The van der Waals surface area contributed by atoms with E-state index in [1.807, 2.05) is 0 Å². The molecule has 2 aliphatic rings. The van der Waals surface area contributed by atoms with Crippen molar-refractivity contribution in [3.05, 3.63) is 0 Å². The molecule has 96 valence electrons. The predicted molar refractivity (Wildman–Crippen MR) is 55.6 cm³/mol. The van der Waals surface area contributed by atoms with E-state index in [4.69, 9.17) is 25.7 Å². The number of ether oxygens (including phenoxy) is 3. The maximum Gasteiger partial charge on any atom is 0.191 e. The quantitative estimate of drug-likeness (QED) is 0.517. The average Bonchev–Trinajstić information content (AvgIpc) is 2.71. The molecule has 2 rings (SSSR count). The minimum atomic E-state index is -1.82. The topological polar surface area (TPSA) is 88.4 Å². The van der Waals surface area contributed by atoms with E-state index >= 15 is 0 Å². The molecule has 0 amide bonds. The van der Waals surface area contributed by atoms with E-state index in [2.05, 4.69) is 5.92 Å². The second-order valence-corrected chi connectivity index (χ2v) is 4.70. The molecule has 2 heterocycles. The molecule has 0 radical (unpaired) electrons. The minimum Gasteiger partial charge on any atom is -0.394 e. The normalized spacial score (nSPS) is 45.3. The van der Waals surface area contributed by atoms with Gasteiger partial charge in [0.25, 0.3) is 0 Å². The largest absolute Gasteiger partial charge is 0.394 e. The van der Waals surface area contributed by atoms with Crippen LogP contribution in [0.4, 0.5) is 0 Å². The zero-order chi connectivity index (χ0) is 12.8. The van der Waals surface area contributed by atoms with E-state index < -0.39 is 42.6 Å². The van der Waals surface area contributed by atoms with Crippen molar-refractivity contribution in [2.45, 2.75) is 49.8 Å². The number of hydrogen-bond acceptors (Lipinski definition) is 6. The molecule has 0 bridgehead atoms. The molecule has 17 heavy (non-hydrogen) atoms. The van der Waals surface area contributed by atoms with Gasteiger partial charge in [0, 0.05) is 0 Å². The maximum atomic E-state index is 10.3. The van der Waals surface area contributed by atoms with Crippen LogP contribution in [0.2, 0.25) is 0 Å². The Labute approximate surface area is 99.1 Å². The first-order valence-electron chi connectivity index (χ1n) is 5.34. The smallest absolute Gasteiger partial charge is 0.191 e. The summed E-state index contributed by atoms with van der Waals surface area (Å²) < 4.78 is 16.2. The number of rotatable bonds is 2. The highest BCUT2D eigenvalue weighted by Gasteiger charge is 2.64. The molecule has 0 aromatic carbocycles. The van der Waals surface area contributed by atoms with Crippen LogP contribution < -0.4 is 0 Å². The standard InChI is InChI=1S/C11H16O6/c1-4-11(14)7(6(13)5-12)15-9-8(11)16-10(2,3)17-9/h1,6-9,12-14H,5H2,2-3H3/t6-,7-,8+,9-,11+/m1/s1. The molecule has 2 aliphatic heterocycles. The summed E-state index contributed by atoms with van der Waals surface area (Å²) in [5, 5.41) is 28.8. The van der Waals surface area contributed by atoms with E-state index in [0.717, 1.165) is 0 Å². The summed E-state index contributed by atoms with van der Waals surface area (Å²) in [6.45, 7) is 2.77. The second-order valence-electron chi connectivity index (χ2n) is 4.70. The van der Waals surface area contributed by atoms with Crippen LogP contribution in [0.1, 0.15) is 13.8 Å². The molecule has 3 N–H and O–H groups in total. The van der Waals surface area contributed by atoms with Crippen molar-refractivity contribution in [1.82, 2.24) is 0 Å².